The zero-order valence-electron chi connectivity index (χ0n) is 12.6. The number of benzene rings is 1. The van der Waals surface area contributed by atoms with Crippen LogP contribution in [0.5, 0.6) is 11.5 Å². The molecule has 2 N–H and O–H groups in total. The molecular weight excluding hydrogens is 335 g/mol. The summed E-state index contributed by atoms with van der Waals surface area (Å²) in [6, 6.07) is 1.93. The van der Waals surface area contributed by atoms with Crippen LogP contribution in [0.3, 0.4) is 0 Å². The van der Waals surface area contributed by atoms with E-state index in [1.54, 1.807) is 0 Å². The predicted molar refractivity (Wildman–Crippen MR) is 74.1 cm³/mol. The van der Waals surface area contributed by atoms with Crippen molar-refractivity contribution in [3.8, 4) is 11.5 Å². The molecule has 0 spiro atoms. The lowest BCUT2D eigenvalue weighted by molar-refractivity contribution is -0.175. The molecule has 132 valence electrons. The van der Waals surface area contributed by atoms with E-state index in [1.807, 2.05) is 0 Å². The Morgan fingerprint density at radius 3 is 2.21 bits per heavy atom. The van der Waals surface area contributed by atoms with Crippen molar-refractivity contribution in [2.75, 3.05) is 14.2 Å². The molecule has 7 nitrogen and oxygen atoms in total. The van der Waals surface area contributed by atoms with Crippen molar-refractivity contribution in [2.45, 2.75) is 18.6 Å². The first-order valence-corrected chi connectivity index (χ1v) is 6.45. The first kappa shape index (κ1) is 19.3. The number of halogens is 3. The fourth-order valence-corrected chi connectivity index (χ4v) is 1.75. The second kappa shape index (κ2) is 7.66. The number of rotatable bonds is 7. The van der Waals surface area contributed by atoms with Gasteiger partial charge in [0, 0.05) is 12.0 Å². The average molecular weight is 349 g/mol. The number of carbonyl (C=O) groups excluding carboxylic acids is 2. The lowest BCUT2D eigenvalue weighted by Gasteiger charge is -2.15. The van der Waals surface area contributed by atoms with Gasteiger partial charge >= 0.3 is 18.1 Å². The Morgan fingerprint density at radius 2 is 1.75 bits per heavy atom. The number of carboxylic acids is 1. The zero-order chi connectivity index (χ0) is 18.5. The molecule has 1 atom stereocenters. The normalized spacial score (nSPS) is 12.2. The van der Waals surface area contributed by atoms with E-state index in [9.17, 15) is 27.6 Å². The van der Waals surface area contributed by atoms with Crippen molar-refractivity contribution in [1.29, 1.82) is 0 Å². The van der Waals surface area contributed by atoms with E-state index in [4.69, 9.17) is 14.6 Å². The minimum Gasteiger partial charge on any atom is -0.493 e. The van der Waals surface area contributed by atoms with E-state index in [0.717, 1.165) is 0 Å². The number of Topliss-reactive ketones (excluding diaryl/α,β-unsaturated/α-hetero) is 1. The molecule has 0 radical (unpaired) electrons. The highest BCUT2D eigenvalue weighted by atomic mass is 19.4. The summed E-state index contributed by atoms with van der Waals surface area (Å²) in [5.41, 5.74) is 0.000146. The van der Waals surface area contributed by atoms with Gasteiger partial charge in [-0.3, -0.25) is 9.59 Å². The van der Waals surface area contributed by atoms with Crippen molar-refractivity contribution in [3.05, 3.63) is 23.8 Å². The second-order valence-corrected chi connectivity index (χ2v) is 4.56. The van der Waals surface area contributed by atoms with Gasteiger partial charge in [-0.25, -0.2) is 4.79 Å². The number of ether oxygens (including phenoxy) is 2. The van der Waals surface area contributed by atoms with Gasteiger partial charge in [0.2, 0.25) is 0 Å². The van der Waals surface area contributed by atoms with Crippen molar-refractivity contribution >= 4 is 17.7 Å². The summed E-state index contributed by atoms with van der Waals surface area (Å²) in [6.07, 6.45) is -6.10. The zero-order valence-corrected chi connectivity index (χ0v) is 12.6. The Labute approximate surface area is 134 Å². The maximum Gasteiger partial charge on any atom is 0.471 e. The summed E-state index contributed by atoms with van der Waals surface area (Å²) in [4.78, 5) is 33.9. The first-order chi connectivity index (χ1) is 11.1. The maximum atomic E-state index is 12.2. The van der Waals surface area contributed by atoms with Crippen molar-refractivity contribution in [1.82, 2.24) is 5.32 Å². The number of nitrogens with one attached hydrogen (secondary N) is 1. The third kappa shape index (κ3) is 4.86. The molecule has 1 amide bonds. The van der Waals surface area contributed by atoms with Gasteiger partial charge in [-0.05, 0) is 18.2 Å². The minimum absolute atomic E-state index is 0.000146. The van der Waals surface area contributed by atoms with E-state index < -0.39 is 36.3 Å². The molecule has 1 rings (SSSR count). The number of carboxylic acid groups (broad SMARTS) is 1. The smallest absolute Gasteiger partial charge is 0.471 e. The largest absolute Gasteiger partial charge is 0.493 e. The van der Waals surface area contributed by atoms with Crippen LogP contribution in [0, 0.1) is 0 Å². The maximum absolute atomic E-state index is 12.2. The van der Waals surface area contributed by atoms with Crippen molar-refractivity contribution in [2.24, 2.45) is 0 Å². The molecule has 0 fully saturated rings. The van der Waals surface area contributed by atoms with E-state index in [0.29, 0.717) is 5.75 Å². The molecule has 0 saturated carbocycles. The lowest BCUT2D eigenvalue weighted by Crippen LogP contribution is -2.47. The summed E-state index contributed by atoms with van der Waals surface area (Å²) < 4.78 is 46.5. The van der Waals surface area contributed by atoms with Crippen LogP contribution < -0.4 is 14.8 Å². The Hall–Kier alpha value is -2.78. The quantitative estimate of drug-likeness (QED) is 0.722. The minimum atomic E-state index is -5.25. The molecule has 0 bridgehead atoms. The Balaban J connectivity index is 2.93. The molecule has 0 aliphatic rings. The highest BCUT2D eigenvalue weighted by Crippen LogP contribution is 2.28. The number of ketones is 1. The number of hydrogen-bond acceptors (Lipinski definition) is 5. The van der Waals surface area contributed by atoms with Crippen LogP contribution in [0.2, 0.25) is 0 Å². The highest BCUT2D eigenvalue weighted by molar-refractivity contribution is 6.00. The number of amides is 1. The third-order valence-electron chi connectivity index (χ3n) is 2.96. The first-order valence-electron chi connectivity index (χ1n) is 6.45. The second-order valence-electron chi connectivity index (χ2n) is 4.56. The van der Waals surface area contributed by atoms with Gasteiger partial charge in [0.15, 0.2) is 17.3 Å². The summed E-state index contributed by atoms with van der Waals surface area (Å²) in [5, 5.41) is 10.2. The van der Waals surface area contributed by atoms with Crippen LogP contribution in [0.25, 0.3) is 0 Å². The Morgan fingerprint density at radius 1 is 1.17 bits per heavy atom. The fraction of sp³-hybridized carbons (Fsp3) is 0.357. The third-order valence-corrected chi connectivity index (χ3v) is 2.96. The molecule has 24 heavy (non-hydrogen) atoms. The van der Waals surface area contributed by atoms with Crippen LogP contribution in [0.15, 0.2) is 18.2 Å². The van der Waals surface area contributed by atoms with Gasteiger partial charge in [0.05, 0.1) is 14.2 Å². The van der Waals surface area contributed by atoms with Gasteiger partial charge in [0.25, 0.3) is 0 Å². The number of alkyl halides is 3. The average Bonchev–Trinajstić information content (AvgIpc) is 2.52. The Kier molecular flexibility index (Phi) is 6.15. The molecule has 1 aromatic carbocycles. The lowest BCUT2D eigenvalue weighted by atomic mass is 10.0. The van der Waals surface area contributed by atoms with Gasteiger partial charge in [0.1, 0.15) is 6.04 Å². The van der Waals surface area contributed by atoms with E-state index in [2.05, 4.69) is 0 Å². The highest BCUT2D eigenvalue weighted by Gasteiger charge is 2.41. The topological polar surface area (TPSA) is 102 Å². The number of methoxy groups -OCH3 is 2. The molecule has 0 aliphatic heterocycles. The monoisotopic (exact) mass is 349 g/mol. The molecule has 0 aliphatic carbocycles. The number of hydrogen-bond donors (Lipinski definition) is 2. The summed E-state index contributed by atoms with van der Waals surface area (Å²) in [5.74, 6) is -4.48. The molecule has 0 saturated heterocycles. The molecule has 10 heteroatoms. The molecule has 0 aromatic heterocycles. The van der Waals surface area contributed by atoms with Crippen molar-refractivity contribution < 1.29 is 42.1 Å². The van der Waals surface area contributed by atoms with E-state index >= 15 is 0 Å². The summed E-state index contributed by atoms with van der Waals surface area (Å²) in [6.45, 7) is 0. The van der Waals surface area contributed by atoms with Gasteiger partial charge in [-0.2, -0.15) is 13.2 Å². The fourth-order valence-electron chi connectivity index (χ4n) is 1.75. The van der Waals surface area contributed by atoms with Crippen LogP contribution in [-0.4, -0.2) is 49.2 Å². The SMILES string of the molecule is COc1ccc(C(=O)C[C@@H](NC(=O)C(F)(F)F)C(=O)O)cc1OC. The van der Waals surface area contributed by atoms with Gasteiger partial charge in [-0.1, -0.05) is 0 Å². The molecule has 0 unspecified atom stereocenters. The van der Waals surface area contributed by atoms with E-state index in [-0.39, 0.29) is 11.3 Å². The van der Waals surface area contributed by atoms with E-state index in [1.165, 1.54) is 37.7 Å². The predicted octanol–water partition coefficient (Wildman–Crippen LogP) is 1.41. The number of aliphatic carboxylic acids is 1. The molecule has 1 aromatic rings. The van der Waals surface area contributed by atoms with Crippen molar-refractivity contribution in [3.63, 3.8) is 0 Å². The number of carbonyl (C=O) groups is 3. The van der Waals surface area contributed by atoms with Crippen LogP contribution in [-0.2, 0) is 9.59 Å². The standard InChI is InChI=1S/C14H14F3NO6/c1-23-10-4-3-7(5-11(10)24-2)9(19)6-8(12(20)21)18-13(22)14(15,16)17/h3-5,8H,6H2,1-2H3,(H,18,22)(H,20,21)/t8-/m1/s1. The summed E-state index contributed by atoms with van der Waals surface area (Å²) in [7, 11) is 2.68. The Bertz CT molecular complexity index is 644. The summed E-state index contributed by atoms with van der Waals surface area (Å²) >= 11 is 0. The van der Waals surface area contributed by atoms with Gasteiger partial charge < -0.3 is 19.9 Å². The van der Waals surface area contributed by atoms with Crippen LogP contribution >= 0.6 is 0 Å². The van der Waals surface area contributed by atoms with Crippen LogP contribution in [0.4, 0.5) is 13.2 Å². The molecule has 0 heterocycles. The van der Waals surface area contributed by atoms with Gasteiger partial charge in [-0.15, -0.1) is 0 Å². The molecular formula is C14H14F3NO6. The van der Waals surface area contributed by atoms with Crippen LogP contribution in [0.1, 0.15) is 16.8 Å².